The number of hydrogen-bond donors (Lipinski definition) is 3. The number of ether oxygens (including phenoxy) is 2. The Morgan fingerprint density at radius 3 is 2.83 bits per heavy atom. The van der Waals surface area contributed by atoms with E-state index in [0.717, 1.165) is 29.4 Å². The number of hydrogen-bond acceptors (Lipinski definition) is 8. The molecule has 11 heteroatoms. The highest BCUT2D eigenvalue weighted by atomic mass is 35.5. The Labute approximate surface area is 233 Å². The number of aliphatic hydroxyl groups excluding tert-OH is 1. The first-order chi connectivity index (χ1) is 19.2. The molecule has 2 aliphatic carbocycles. The zero-order valence-electron chi connectivity index (χ0n) is 21.9. The smallest absolute Gasteiger partial charge is 0.343 e. The van der Waals surface area contributed by atoms with Gasteiger partial charge in [0.25, 0.3) is 5.56 Å². The average molecular weight is 570 g/mol. The largest absolute Gasteiger partial charge is 0.458 e. The Kier molecular flexibility index (Phi) is 6.07. The maximum Gasteiger partial charge on any atom is 0.343 e. The fourth-order valence-electron chi connectivity index (χ4n) is 6.51. The Morgan fingerprint density at radius 2 is 2.08 bits per heavy atom. The number of halogens is 2. The molecule has 7 rings (SSSR count). The van der Waals surface area contributed by atoms with Crippen molar-refractivity contribution in [2.45, 2.75) is 69.9 Å². The Balaban J connectivity index is 1.35. The van der Waals surface area contributed by atoms with Crippen molar-refractivity contribution in [3.05, 3.63) is 61.1 Å². The van der Waals surface area contributed by atoms with Gasteiger partial charge in [0.15, 0.2) is 5.60 Å². The van der Waals surface area contributed by atoms with Crippen LogP contribution < -0.4 is 10.9 Å². The molecule has 4 heterocycles. The standard InChI is InChI=1S/C29H29ClFN3O6/c1-2-29(38)17-7-21-26-15(9-34(21)27(36)16(17)10-40-28(29)37)24-19(32-12-39-11-22(35)13-3-4-13)6-5-14-23(24)20(33-26)8-18(31)25(14)30/h7-8,13,19,22,32,35,38H,2-6,9-12H2,1H3/t19-,22+,29-/m0/s1. The molecule has 4 aliphatic rings. The second-order valence-corrected chi connectivity index (χ2v) is 11.6. The van der Waals surface area contributed by atoms with Crippen molar-refractivity contribution in [1.82, 2.24) is 14.9 Å². The first-order valence-corrected chi connectivity index (χ1v) is 14.1. The third kappa shape index (κ3) is 3.77. The Bertz CT molecular complexity index is 1650. The van der Waals surface area contributed by atoms with Gasteiger partial charge in [0.05, 0.1) is 53.5 Å². The SMILES string of the molecule is CC[C@@]1(O)C(=O)OCc2c1cc1n(c2=O)Cc2c-1nc1cc(F)c(Cl)c3c1c2[C@@H](NCOC[C@@H](O)C1CC1)CC3. The molecule has 3 N–H and O–H groups in total. The molecular weight excluding hydrogens is 541 g/mol. The van der Waals surface area contributed by atoms with Crippen LogP contribution in [0.3, 0.4) is 0 Å². The van der Waals surface area contributed by atoms with Crippen molar-refractivity contribution in [2.24, 2.45) is 5.92 Å². The summed E-state index contributed by atoms with van der Waals surface area (Å²) in [5, 5.41) is 25.6. The lowest BCUT2D eigenvalue weighted by Crippen LogP contribution is -2.44. The molecule has 210 valence electrons. The molecule has 2 aliphatic heterocycles. The van der Waals surface area contributed by atoms with Crippen molar-refractivity contribution < 1.29 is 28.9 Å². The van der Waals surface area contributed by atoms with E-state index >= 15 is 0 Å². The number of benzene rings is 1. The summed E-state index contributed by atoms with van der Waals surface area (Å²) in [5.41, 5.74) is 1.94. The molecule has 0 saturated heterocycles. The molecule has 0 radical (unpaired) electrons. The predicted octanol–water partition coefficient (Wildman–Crippen LogP) is 3.19. The highest BCUT2D eigenvalue weighted by Gasteiger charge is 2.46. The number of aromatic nitrogens is 2. The number of aryl methyl sites for hydroxylation is 1. The van der Waals surface area contributed by atoms with Crippen molar-refractivity contribution in [2.75, 3.05) is 13.3 Å². The molecule has 0 amide bonds. The summed E-state index contributed by atoms with van der Waals surface area (Å²) in [5.74, 6) is -1.03. The number of carbonyl (C=O) groups excluding carboxylic acids is 1. The van der Waals surface area contributed by atoms with Crippen LogP contribution in [0.25, 0.3) is 22.3 Å². The number of esters is 1. The minimum atomic E-state index is -1.94. The number of fused-ring (bicyclic) bond motifs is 5. The second-order valence-electron chi connectivity index (χ2n) is 11.2. The number of rotatable bonds is 7. The van der Waals surface area contributed by atoms with Crippen LogP contribution in [0.5, 0.6) is 0 Å². The molecule has 2 aromatic heterocycles. The van der Waals surface area contributed by atoms with Crippen LogP contribution in [0.1, 0.15) is 66.5 Å². The zero-order chi connectivity index (χ0) is 27.9. The van der Waals surface area contributed by atoms with Crippen LogP contribution in [0.15, 0.2) is 16.9 Å². The van der Waals surface area contributed by atoms with Crippen LogP contribution >= 0.6 is 11.6 Å². The van der Waals surface area contributed by atoms with Crippen molar-refractivity contribution in [3.63, 3.8) is 0 Å². The van der Waals surface area contributed by atoms with Gasteiger partial charge in [-0.3, -0.25) is 10.1 Å². The summed E-state index contributed by atoms with van der Waals surface area (Å²) < 4.78 is 27.4. The summed E-state index contributed by atoms with van der Waals surface area (Å²) in [6.07, 6.45) is 2.77. The molecule has 1 fully saturated rings. The third-order valence-corrected chi connectivity index (χ3v) is 9.34. The molecule has 0 bridgehead atoms. The van der Waals surface area contributed by atoms with E-state index in [9.17, 15) is 24.2 Å². The van der Waals surface area contributed by atoms with Crippen molar-refractivity contribution in [1.29, 1.82) is 0 Å². The van der Waals surface area contributed by atoms with Crippen LogP contribution in [-0.2, 0) is 39.4 Å². The fourth-order valence-corrected chi connectivity index (χ4v) is 6.76. The van der Waals surface area contributed by atoms with E-state index in [1.54, 1.807) is 17.6 Å². The average Bonchev–Trinajstić information content (AvgIpc) is 3.74. The molecule has 1 aromatic carbocycles. The van der Waals surface area contributed by atoms with Gasteiger partial charge in [-0.2, -0.15) is 0 Å². The summed E-state index contributed by atoms with van der Waals surface area (Å²) >= 11 is 6.43. The van der Waals surface area contributed by atoms with E-state index in [2.05, 4.69) is 5.32 Å². The molecule has 40 heavy (non-hydrogen) atoms. The number of aliphatic hydroxyl groups is 2. The lowest BCUT2D eigenvalue weighted by molar-refractivity contribution is -0.172. The monoisotopic (exact) mass is 569 g/mol. The van der Waals surface area contributed by atoms with Gasteiger partial charge in [-0.05, 0) is 55.2 Å². The van der Waals surface area contributed by atoms with Gasteiger partial charge in [-0.1, -0.05) is 18.5 Å². The van der Waals surface area contributed by atoms with Gasteiger partial charge < -0.3 is 24.3 Å². The Hall–Kier alpha value is -2.89. The van der Waals surface area contributed by atoms with E-state index in [0.29, 0.717) is 41.2 Å². The number of nitrogens with zero attached hydrogens (tertiary/aromatic N) is 2. The van der Waals surface area contributed by atoms with E-state index in [4.69, 9.17) is 26.1 Å². The summed E-state index contributed by atoms with van der Waals surface area (Å²) in [6.45, 7) is 2.12. The number of nitrogens with one attached hydrogen (secondary N) is 1. The maximum absolute atomic E-state index is 14.9. The van der Waals surface area contributed by atoms with Crippen LogP contribution in [0.4, 0.5) is 4.39 Å². The van der Waals surface area contributed by atoms with E-state index in [1.165, 1.54) is 6.07 Å². The molecule has 1 saturated carbocycles. The minimum Gasteiger partial charge on any atom is -0.458 e. The van der Waals surface area contributed by atoms with E-state index < -0.39 is 23.5 Å². The van der Waals surface area contributed by atoms with Crippen LogP contribution in [-0.4, -0.2) is 45.2 Å². The normalized spacial score (nSPS) is 23.5. The number of cyclic esters (lactones) is 1. The predicted molar refractivity (Wildman–Crippen MR) is 143 cm³/mol. The molecule has 3 aromatic rings. The topological polar surface area (TPSA) is 123 Å². The number of carbonyl (C=O) groups is 1. The lowest BCUT2D eigenvalue weighted by atomic mass is 9.83. The summed E-state index contributed by atoms with van der Waals surface area (Å²) in [4.78, 5) is 31.0. The quantitative estimate of drug-likeness (QED) is 0.176. The zero-order valence-corrected chi connectivity index (χ0v) is 22.7. The molecule has 9 nitrogen and oxygen atoms in total. The molecular formula is C29H29ClFN3O6. The van der Waals surface area contributed by atoms with Gasteiger partial charge in [0.2, 0.25) is 0 Å². The van der Waals surface area contributed by atoms with Crippen LogP contribution in [0, 0.1) is 11.7 Å². The maximum atomic E-state index is 14.9. The molecule has 0 spiro atoms. The van der Waals surface area contributed by atoms with Crippen LogP contribution in [0.2, 0.25) is 5.02 Å². The van der Waals surface area contributed by atoms with Crippen molar-refractivity contribution >= 4 is 28.5 Å². The molecule has 3 atom stereocenters. The highest BCUT2D eigenvalue weighted by molar-refractivity contribution is 6.32. The summed E-state index contributed by atoms with van der Waals surface area (Å²) in [7, 11) is 0. The van der Waals surface area contributed by atoms with Gasteiger partial charge in [-0.15, -0.1) is 0 Å². The summed E-state index contributed by atoms with van der Waals surface area (Å²) in [6, 6.07) is 2.77. The fraction of sp³-hybridized carbons (Fsp3) is 0.483. The van der Waals surface area contributed by atoms with E-state index in [1.807, 2.05) is 0 Å². The minimum absolute atomic E-state index is 0.0412. The van der Waals surface area contributed by atoms with Gasteiger partial charge in [-0.25, -0.2) is 14.2 Å². The highest BCUT2D eigenvalue weighted by Crippen LogP contribution is 2.46. The third-order valence-electron chi connectivity index (χ3n) is 8.93. The van der Waals surface area contributed by atoms with Gasteiger partial charge in [0.1, 0.15) is 12.4 Å². The van der Waals surface area contributed by atoms with E-state index in [-0.39, 0.29) is 60.7 Å². The first-order valence-electron chi connectivity index (χ1n) is 13.7. The number of pyridine rings is 2. The van der Waals surface area contributed by atoms with Gasteiger partial charge in [0, 0.05) is 28.6 Å². The van der Waals surface area contributed by atoms with Gasteiger partial charge >= 0.3 is 5.97 Å². The first kappa shape index (κ1) is 26.0. The van der Waals surface area contributed by atoms with Crippen molar-refractivity contribution in [3.8, 4) is 11.4 Å². The second kappa shape index (κ2) is 9.32. The molecule has 0 unspecified atom stereocenters. The lowest BCUT2D eigenvalue weighted by Gasteiger charge is -2.31. The Morgan fingerprint density at radius 1 is 1.27 bits per heavy atom.